The third kappa shape index (κ3) is 2.45. The molecule has 1 fully saturated rings. The smallest absolute Gasteiger partial charge is 0.0440 e. The van der Waals surface area contributed by atoms with E-state index in [0.717, 1.165) is 0 Å². The molecule has 1 aromatic carbocycles. The van der Waals surface area contributed by atoms with Crippen molar-refractivity contribution in [1.29, 1.82) is 0 Å². The fourth-order valence-electron chi connectivity index (χ4n) is 2.88. The lowest BCUT2D eigenvalue weighted by molar-refractivity contribution is 0.437. The minimum Gasteiger partial charge on any atom is -0.261 e. The normalized spacial score (nSPS) is 16.7. The van der Waals surface area contributed by atoms with Crippen LogP contribution in [0, 0.1) is 0 Å². The Morgan fingerprint density at radius 1 is 0.833 bits per heavy atom. The number of pyridine rings is 1. The van der Waals surface area contributed by atoms with E-state index >= 15 is 0 Å². The first kappa shape index (κ1) is 11.5. The van der Waals surface area contributed by atoms with E-state index in [9.17, 15) is 0 Å². The fraction of sp³-hybridized carbons (Fsp3) is 0.353. The molecule has 0 aliphatic heterocycles. The highest BCUT2D eigenvalue weighted by Crippen LogP contribution is 2.33. The molecule has 18 heavy (non-hydrogen) atoms. The van der Waals surface area contributed by atoms with Crippen molar-refractivity contribution >= 4 is 0 Å². The maximum Gasteiger partial charge on any atom is 0.0440 e. The van der Waals surface area contributed by atoms with Crippen molar-refractivity contribution in [3.05, 3.63) is 54.4 Å². The molecule has 2 aromatic rings. The molecule has 0 radical (unpaired) electrons. The zero-order valence-electron chi connectivity index (χ0n) is 10.7. The van der Waals surface area contributed by atoms with E-state index in [1.54, 1.807) is 0 Å². The number of hydrogen-bond acceptors (Lipinski definition) is 1. The average Bonchev–Trinajstić information content (AvgIpc) is 2.49. The largest absolute Gasteiger partial charge is 0.261 e. The molecule has 0 atom stereocenters. The van der Waals surface area contributed by atoms with Crippen LogP contribution in [-0.2, 0) is 0 Å². The number of hydrogen-bond donors (Lipinski definition) is 0. The van der Waals surface area contributed by atoms with Crippen molar-refractivity contribution in [3.63, 3.8) is 0 Å². The summed E-state index contributed by atoms with van der Waals surface area (Å²) in [6.45, 7) is 0. The third-order valence-corrected chi connectivity index (χ3v) is 3.91. The fourth-order valence-corrected chi connectivity index (χ4v) is 2.88. The maximum atomic E-state index is 4.59. The first-order valence-electron chi connectivity index (χ1n) is 6.95. The van der Waals surface area contributed by atoms with Crippen molar-refractivity contribution in [3.8, 4) is 11.1 Å². The summed E-state index contributed by atoms with van der Waals surface area (Å²) in [5.74, 6) is 0.683. The first-order chi connectivity index (χ1) is 8.93. The Labute approximate surface area is 109 Å². The van der Waals surface area contributed by atoms with Crippen LogP contribution in [0.25, 0.3) is 11.1 Å². The molecule has 1 aliphatic rings. The zero-order valence-corrected chi connectivity index (χ0v) is 10.7. The topological polar surface area (TPSA) is 12.9 Å². The van der Waals surface area contributed by atoms with Gasteiger partial charge in [-0.1, -0.05) is 49.6 Å². The molecule has 3 rings (SSSR count). The van der Waals surface area contributed by atoms with Gasteiger partial charge >= 0.3 is 0 Å². The summed E-state index contributed by atoms with van der Waals surface area (Å²) in [5, 5.41) is 0. The van der Waals surface area contributed by atoms with Crippen molar-refractivity contribution < 1.29 is 0 Å². The molecule has 0 spiro atoms. The van der Waals surface area contributed by atoms with Gasteiger partial charge in [-0.15, -0.1) is 0 Å². The van der Waals surface area contributed by atoms with E-state index in [2.05, 4.69) is 47.4 Å². The van der Waals surface area contributed by atoms with Gasteiger partial charge in [0.1, 0.15) is 0 Å². The summed E-state index contributed by atoms with van der Waals surface area (Å²) >= 11 is 0. The molecule has 92 valence electrons. The molecule has 1 aliphatic carbocycles. The Morgan fingerprint density at radius 3 is 2.39 bits per heavy atom. The van der Waals surface area contributed by atoms with Gasteiger partial charge < -0.3 is 0 Å². The van der Waals surface area contributed by atoms with E-state index in [1.165, 1.54) is 48.9 Å². The lowest BCUT2D eigenvalue weighted by atomic mass is 9.86. The summed E-state index contributed by atoms with van der Waals surface area (Å²) < 4.78 is 0. The van der Waals surface area contributed by atoms with Gasteiger partial charge in [0.05, 0.1) is 0 Å². The molecule has 0 unspecified atom stereocenters. The first-order valence-corrected chi connectivity index (χ1v) is 6.95. The standard InChI is InChI=1S/C17H19N/c1-3-7-14(8-4-1)16-11-12-18-17(13-16)15-9-5-2-6-10-15/h1,3-4,7-8,11-13,15H,2,5-6,9-10H2. The predicted octanol–water partition coefficient (Wildman–Crippen LogP) is 4.80. The number of benzene rings is 1. The van der Waals surface area contributed by atoms with Gasteiger partial charge in [-0.25, -0.2) is 0 Å². The molecule has 0 amide bonds. The molecule has 0 bridgehead atoms. The lowest BCUT2D eigenvalue weighted by Gasteiger charge is -2.21. The second-order valence-corrected chi connectivity index (χ2v) is 5.17. The summed E-state index contributed by atoms with van der Waals surface area (Å²) in [6.07, 6.45) is 8.71. The van der Waals surface area contributed by atoms with Crippen LogP contribution in [0.1, 0.15) is 43.7 Å². The Kier molecular flexibility index (Phi) is 3.40. The van der Waals surface area contributed by atoms with Crippen LogP contribution in [0.15, 0.2) is 48.7 Å². The van der Waals surface area contributed by atoms with Gasteiger partial charge in [-0.2, -0.15) is 0 Å². The van der Waals surface area contributed by atoms with Gasteiger partial charge in [0.25, 0.3) is 0 Å². The highest BCUT2D eigenvalue weighted by molar-refractivity contribution is 5.63. The predicted molar refractivity (Wildman–Crippen MR) is 75.5 cm³/mol. The Morgan fingerprint density at radius 2 is 1.61 bits per heavy atom. The van der Waals surface area contributed by atoms with Crippen LogP contribution in [0.2, 0.25) is 0 Å². The van der Waals surface area contributed by atoms with Gasteiger partial charge in [0, 0.05) is 17.8 Å². The minimum absolute atomic E-state index is 0.683. The minimum atomic E-state index is 0.683. The summed E-state index contributed by atoms with van der Waals surface area (Å²) in [6, 6.07) is 15.0. The summed E-state index contributed by atoms with van der Waals surface area (Å²) in [4.78, 5) is 4.59. The molecule has 1 heterocycles. The van der Waals surface area contributed by atoms with Crippen LogP contribution >= 0.6 is 0 Å². The van der Waals surface area contributed by atoms with Gasteiger partial charge in [0.2, 0.25) is 0 Å². The Hall–Kier alpha value is -1.63. The van der Waals surface area contributed by atoms with Crippen LogP contribution in [0.5, 0.6) is 0 Å². The van der Waals surface area contributed by atoms with E-state index in [1.807, 2.05) is 6.20 Å². The van der Waals surface area contributed by atoms with E-state index in [4.69, 9.17) is 0 Å². The summed E-state index contributed by atoms with van der Waals surface area (Å²) in [5.41, 5.74) is 3.87. The summed E-state index contributed by atoms with van der Waals surface area (Å²) in [7, 11) is 0. The SMILES string of the molecule is c1ccc(-c2ccnc(C3CCCCC3)c2)cc1. The van der Waals surface area contributed by atoms with Crippen LogP contribution in [-0.4, -0.2) is 4.98 Å². The second kappa shape index (κ2) is 5.34. The second-order valence-electron chi connectivity index (χ2n) is 5.17. The van der Waals surface area contributed by atoms with Gasteiger partial charge in [-0.05, 0) is 36.1 Å². The van der Waals surface area contributed by atoms with Crippen molar-refractivity contribution in [2.24, 2.45) is 0 Å². The third-order valence-electron chi connectivity index (χ3n) is 3.91. The monoisotopic (exact) mass is 237 g/mol. The van der Waals surface area contributed by atoms with Crippen molar-refractivity contribution in [2.45, 2.75) is 38.0 Å². The highest BCUT2D eigenvalue weighted by Gasteiger charge is 2.16. The number of nitrogens with zero attached hydrogens (tertiary/aromatic N) is 1. The number of rotatable bonds is 2. The lowest BCUT2D eigenvalue weighted by Crippen LogP contribution is -2.06. The van der Waals surface area contributed by atoms with E-state index in [-0.39, 0.29) is 0 Å². The van der Waals surface area contributed by atoms with Crippen LogP contribution < -0.4 is 0 Å². The molecule has 1 aromatic heterocycles. The molecule has 0 N–H and O–H groups in total. The van der Waals surface area contributed by atoms with Crippen molar-refractivity contribution in [1.82, 2.24) is 4.98 Å². The van der Waals surface area contributed by atoms with E-state index < -0.39 is 0 Å². The Balaban J connectivity index is 1.89. The van der Waals surface area contributed by atoms with Crippen LogP contribution in [0.3, 0.4) is 0 Å². The zero-order chi connectivity index (χ0) is 12.2. The molecule has 1 saturated carbocycles. The average molecular weight is 237 g/mol. The number of aromatic nitrogens is 1. The molecule has 1 nitrogen and oxygen atoms in total. The Bertz CT molecular complexity index is 498. The highest BCUT2D eigenvalue weighted by atomic mass is 14.7. The van der Waals surface area contributed by atoms with Gasteiger partial charge in [0.15, 0.2) is 0 Å². The molecule has 1 heteroatoms. The van der Waals surface area contributed by atoms with Crippen LogP contribution in [0.4, 0.5) is 0 Å². The molecular formula is C17H19N. The maximum absolute atomic E-state index is 4.59. The molecule has 0 saturated heterocycles. The van der Waals surface area contributed by atoms with Gasteiger partial charge in [-0.3, -0.25) is 4.98 Å². The van der Waals surface area contributed by atoms with Crippen molar-refractivity contribution in [2.75, 3.05) is 0 Å². The quantitative estimate of drug-likeness (QED) is 0.731. The van der Waals surface area contributed by atoms with E-state index in [0.29, 0.717) is 5.92 Å². The molecular weight excluding hydrogens is 218 g/mol.